The van der Waals surface area contributed by atoms with Gasteiger partial charge in [0.05, 0.1) is 6.07 Å². The average molecular weight is 207 g/mol. The van der Waals surface area contributed by atoms with E-state index in [1.54, 1.807) is 6.92 Å². The van der Waals surface area contributed by atoms with Crippen molar-refractivity contribution in [2.75, 3.05) is 19.6 Å². The molecule has 3 fully saturated rings. The molecule has 0 radical (unpaired) electrons. The molecule has 0 saturated carbocycles. The summed E-state index contributed by atoms with van der Waals surface area (Å²) in [5.74, 6) is -0.0125. The standard InChI is InChI=1S/C11H17N3O/c1-8(6-12)11(15)13-10-7-14-4-2-9(10)3-5-14/h8-10H,2-5,7H2,1H3,(H,13,15). The number of hydrogen-bond donors (Lipinski definition) is 1. The molecule has 82 valence electrons. The molecule has 0 spiro atoms. The van der Waals surface area contributed by atoms with Gasteiger partial charge in [0, 0.05) is 12.6 Å². The summed E-state index contributed by atoms with van der Waals surface area (Å²) in [7, 11) is 0. The highest BCUT2D eigenvalue weighted by Gasteiger charge is 2.35. The summed E-state index contributed by atoms with van der Waals surface area (Å²) in [5.41, 5.74) is 0. The Kier molecular flexibility index (Phi) is 2.92. The maximum atomic E-state index is 11.6. The van der Waals surface area contributed by atoms with Gasteiger partial charge in [0.1, 0.15) is 5.92 Å². The minimum atomic E-state index is -0.527. The molecule has 0 aliphatic carbocycles. The number of amides is 1. The molecule has 1 amide bonds. The second-order valence-corrected chi connectivity index (χ2v) is 4.60. The summed E-state index contributed by atoms with van der Waals surface area (Å²) in [5, 5.41) is 11.6. The predicted molar refractivity (Wildman–Crippen MR) is 55.9 cm³/mol. The number of nitriles is 1. The van der Waals surface area contributed by atoms with Crippen LogP contribution in [0.1, 0.15) is 19.8 Å². The number of rotatable bonds is 2. The zero-order valence-corrected chi connectivity index (χ0v) is 9.07. The van der Waals surface area contributed by atoms with Crippen molar-refractivity contribution in [3.05, 3.63) is 0 Å². The molecular weight excluding hydrogens is 190 g/mol. The summed E-state index contributed by atoms with van der Waals surface area (Å²) < 4.78 is 0. The lowest BCUT2D eigenvalue weighted by Crippen LogP contribution is -2.57. The Labute approximate surface area is 90.2 Å². The van der Waals surface area contributed by atoms with Crippen LogP contribution in [0.15, 0.2) is 0 Å². The quantitative estimate of drug-likeness (QED) is 0.711. The van der Waals surface area contributed by atoms with E-state index < -0.39 is 5.92 Å². The smallest absolute Gasteiger partial charge is 0.237 e. The van der Waals surface area contributed by atoms with Gasteiger partial charge in [-0.1, -0.05) is 0 Å². The largest absolute Gasteiger partial charge is 0.351 e. The van der Waals surface area contributed by atoms with Crippen LogP contribution in [-0.2, 0) is 4.79 Å². The fraction of sp³-hybridized carbons (Fsp3) is 0.818. The van der Waals surface area contributed by atoms with E-state index in [9.17, 15) is 4.79 Å². The molecule has 4 heteroatoms. The van der Waals surface area contributed by atoms with E-state index in [2.05, 4.69) is 10.2 Å². The summed E-state index contributed by atoms with van der Waals surface area (Å²) >= 11 is 0. The number of fused-ring (bicyclic) bond motifs is 3. The summed E-state index contributed by atoms with van der Waals surface area (Å²) in [6.07, 6.45) is 2.37. The summed E-state index contributed by atoms with van der Waals surface area (Å²) in [6.45, 7) is 4.96. The number of nitrogens with zero attached hydrogens (tertiary/aromatic N) is 2. The van der Waals surface area contributed by atoms with Crippen LogP contribution in [0.4, 0.5) is 0 Å². The summed E-state index contributed by atoms with van der Waals surface area (Å²) in [4.78, 5) is 14.0. The van der Waals surface area contributed by atoms with E-state index in [4.69, 9.17) is 5.26 Å². The first-order chi connectivity index (χ1) is 7.20. The lowest BCUT2D eigenvalue weighted by atomic mass is 9.84. The van der Waals surface area contributed by atoms with Crippen molar-refractivity contribution in [2.24, 2.45) is 11.8 Å². The van der Waals surface area contributed by atoms with Crippen LogP contribution < -0.4 is 5.32 Å². The maximum absolute atomic E-state index is 11.6. The van der Waals surface area contributed by atoms with Crippen molar-refractivity contribution in [2.45, 2.75) is 25.8 Å². The van der Waals surface area contributed by atoms with E-state index in [0.717, 1.165) is 6.54 Å². The van der Waals surface area contributed by atoms with Crippen LogP contribution in [0.25, 0.3) is 0 Å². The molecule has 0 aromatic rings. The van der Waals surface area contributed by atoms with Gasteiger partial charge in [0.2, 0.25) is 5.91 Å². The van der Waals surface area contributed by atoms with E-state index in [1.807, 2.05) is 6.07 Å². The van der Waals surface area contributed by atoms with Crippen LogP contribution in [0, 0.1) is 23.2 Å². The highest BCUT2D eigenvalue weighted by molar-refractivity contribution is 5.80. The Morgan fingerprint density at radius 3 is 2.67 bits per heavy atom. The number of piperidine rings is 3. The molecule has 2 atom stereocenters. The van der Waals surface area contributed by atoms with Gasteiger partial charge in [-0.2, -0.15) is 5.26 Å². The normalized spacial score (nSPS) is 35.6. The zero-order valence-electron chi connectivity index (χ0n) is 9.07. The predicted octanol–water partition coefficient (Wildman–Crippen LogP) is 0.356. The molecule has 4 nitrogen and oxygen atoms in total. The monoisotopic (exact) mass is 207 g/mol. The lowest BCUT2D eigenvalue weighted by molar-refractivity contribution is -0.125. The lowest BCUT2D eigenvalue weighted by Gasteiger charge is -2.45. The third kappa shape index (κ3) is 2.13. The number of carbonyl (C=O) groups excluding carboxylic acids is 1. The molecule has 2 bridgehead atoms. The highest BCUT2D eigenvalue weighted by atomic mass is 16.1. The first-order valence-electron chi connectivity index (χ1n) is 5.63. The number of hydrogen-bond acceptors (Lipinski definition) is 3. The Morgan fingerprint density at radius 2 is 2.20 bits per heavy atom. The zero-order chi connectivity index (χ0) is 10.8. The van der Waals surface area contributed by atoms with Crippen molar-refractivity contribution in [1.82, 2.24) is 10.2 Å². The molecule has 3 aliphatic rings. The van der Waals surface area contributed by atoms with Gasteiger partial charge in [-0.3, -0.25) is 4.79 Å². The molecule has 3 aliphatic heterocycles. The van der Waals surface area contributed by atoms with E-state index >= 15 is 0 Å². The third-order valence-corrected chi connectivity index (χ3v) is 3.57. The number of carbonyl (C=O) groups is 1. The first kappa shape index (κ1) is 10.4. The van der Waals surface area contributed by atoms with Gasteiger partial charge in [0.25, 0.3) is 0 Å². The van der Waals surface area contributed by atoms with Gasteiger partial charge >= 0.3 is 0 Å². The molecule has 0 aromatic carbocycles. The van der Waals surface area contributed by atoms with Crippen LogP contribution in [0.3, 0.4) is 0 Å². The Balaban J connectivity index is 1.90. The van der Waals surface area contributed by atoms with Gasteiger partial charge in [-0.25, -0.2) is 0 Å². The third-order valence-electron chi connectivity index (χ3n) is 3.57. The topological polar surface area (TPSA) is 56.1 Å². The van der Waals surface area contributed by atoms with Crippen LogP contribution in [0.5, 0.6) is 0 Å². The van der Waals surface area contributed by atoms with E-state index in [1.165, 1.54) is 25.9 Å². The fourth-order valence-electron chi connectivity index (χ4n) is 2.49. The van der Waals surface area contributed by atoms with E-state index in [-0.39, 0.29) is 11.9 Å². The molecule has 3 saturated heterocycles. The molecule has 1 N–H and O–H groups in total. The van der Waals surface area contributed by atoms with Gasteiger partial charge in [-0.05, 0) is 38.8 Å². The second kappa shape index (κ2) is 4.19. The second-order valence-electron chi connectivity index (χ2n) is 4.60. The minimum Gasteiger partial charge on any atom is -0.351 e. The van der Waals surface area contributed by atoms with Gasteiger partial charge in [0.15, 0.2) is 0 Å². The van der Waals surface area contributed by atoms with Crippen LogP contribution in [0.2, 0.25) is 0 Å². The molecule has 15 heavy (non-hydrogen) atoms. The van der Waals surface area contributed by atoms with Crippen molar-refractivity contribution in [3.63, 3.8) is 0 Å². The Bertz CT molecular complexity index is 289. The molecule has 3 rings (SSSR count). The molecule has 2 unspecified atom stereocenters. The van der Waals surface area contributed by atoms with E-state index in [0.29, 0.717) is 5.92 Å². The molecule has 3 heterocycles. The molecule has 0 aromatic heterocycles. The van der Waals surface area contributed by atoms with Crippen LogP contribution >= 0.6 is 0 Å². The fourth-order valence-corrected chi connectivity index (χ4v) is 2.49. The van der Waals surface area contributed by atoms with Crippen molar-refractivity contribution in [1.29, 1.82) is 5.26 Å². The van der Waals surface area contributed by atoms with Gasteiger partial charge < -0.3 is 10.2 Å². The SMILES string of the molecule is CC(C#N)C(=O)NC1CN2CCC1CC2. The summed E-state index contributed by atoms with van der Waals surface area (Å²) in [6, 6.07) is 2.25. The Hall–Kier alpha value is -1.08. The van der Waals surface area contributed by atoms with Gasteiger partial charge in [-0.15, -0.1) is 0 Å². The molecular formula is C11H17N3O. The van der Waals surface area contributed by atoms with Crippen LogP contribution in [-0.4, -0.2) is 36.5 Å². The first-order valence-corrected chi connectivity index (χ1v) is 5.63. The minimum absolute atomic E-state index is 0.115. The highest BCUT2D eigenvalue weighted by Crippen LogP contribution is 2.27. The van der Waals surface area contributed by atoms with Crippen molar-refractivity contribution in [3.8, 4) is 6.07 Å². The number of nitrogens with one attached hydrogen (secondary N) is 1. The Morgan fingerprint density at radius 1 is 1.53 bits per heavy atom. The maximum Gasteiger partial charge on any atom is 0.237 e. The van der Waals surface area contributed by atoms with Crippen molar-refractivity contribution >= 4 is 5.91 Å². The van der Waals surface area contributed by atoms with Crippen molar-refractivity contribution < 1.29 is 4.79 Å². The average Bonchev–Trinajstić information content (AvgIpc) is 2.29.